The van der Waals surface area contributed by atoms with Crippen molar-refractivity contribution in [2.45, 2.75) is 45.1 Å². The number of hydrogen-bond donors (Lipinski definition) is 1. The molecule has 0 bridgehead atoms. The molecule has 1 aliphatic heterocycles. The zero-order valence-electron chi connectivity index (χ0n) is 10.1. The maximum atomic E-state index is 12.4. The molecule has 0 radical (unpaired) electrons. The smallest absolute Gasteiger partial charge is 0.228 e. The maximum Gasteiger partial charge on any atom is 0.228 e. The molecule has 0 aromatic rings. The van der Waals surface area contributed by atoms with Gasteiger partial charge < -0.3 is 10.6 Å². The lowest BCUT2D eigenvalue weighted by molar-refractivity contribution is -0.136. The molecule has 3 atom stereocenters. The van der Waals surface area contributed by atoms with Crippen LogP contribution in [-0.4, -0.2) is 29.9 Å². The Bertz CT molecular complexity index is 311. The van der Waals surface area contributed by atoms with Crippen molar-refractivity contribution in [3.05, 3.63) is 0 Å². The summed E-state index contributed by atoms with van der Waals surface area (Å²) < 4.78 is 0. The van der Waals surface area contributed by atoms with Gasteiger partial charge in [-0.25, -0.2) is 0 Å². The molecular weight excluding hydrogens is 200 g/mol. The first-order chi connectivity index (χ1) is 7.66. The quantitative estimate of drug-likeness (QED) is 0.767. The number of amides is 1. The third kappa shape index (κ3) is 1.41. The zero-order valence-corrected chi connectivity index (χ0v) is 10.1. The van der Waals surface area contributed by atoms with Crippen molar-refractivity contribution in [1.29, 1.82) is 0 Å². The van der Waals surface area contributed by atoms with Crippen LogP contribution in [-0.2, 0) is 4.79 Å². The minimum absolute atomic E-state index is 0.0444. The molecule has 3 nitrogen and oxygen atoms in total. The van der Waals surface area contributed by atoms with Gasteiger partial charge >= 0.3 is 0 Å². The van der Waals surface area contributed by atoms with Gasteiger partial charge in [0.15, 0.2) is 0 Å². The Hall–Kier alpha value is -0.570. The van der Waals surface area contributed by atoms with Gasteiger partial charge in [0, 0.05) is 24.5 Å². The molecule has 3 aliphatic rings. The van der Waals surface area contributed by atoms with Crippen molar-refractivity contribution in [2.24, 2.45) is 23.0 Å². The summed E-state index contributed by atoms with van der Waals surface area (Å²) in [5.74, 6) is 1.72. The summed E-state index contributed by atoms with van der Waals surface area (Å²) in [6.07, 6.45) is 5.63. The van der Waals surface area contributed by atoms with E-state index in [-0.39, 0.29) is 5.41 Å². The summed E-state index contributed by atoms with van der Waals surface area (Å²) in [5.41, 5.74) is 6.15. The molecule has 1 saturated heterocycles. The standard InChI is InChI=1S/C13H22N2O/c1-2-13(5-6-13)12(16)15-7-9-3-4-11(14)10(9)8-15/h9-11H,2-8,14H2,1H3. The topological polar surface area (TPSA) is 46.3 Å². The summed E-state index contributed by atoms with van der Waals surface area (Å²) in [6.45, 7) is 4.07. The molecule has 1 heterocycles. The Balaban J connectivity index is 1.68. The van der Waals surface area contributed by atoms with Gasteiger partial charge in [-0.05, 0) is 43.9 Å². The highest BCUT2D eigenvalue weighted by Crippen LogP contribution is 2.51. The van der Waals surface area contributed by atoms with E-state index >= 15 is 0 Å². The van der Waals surface area contributed by atoms with Crippen LogP contribution in [0.2, 0.25) is 0 Å². The van der Waals surface area contributed by atoms with Gasteiger partial charge in [-0.2, -0.15) is 0 Å². The molecule has 3 heteroatoms. The van der Waals surface area contributed by atoms with E-state index in [4.69, 9.17) is 5.73 Å². The third-order valence-corrected chi connectivity index (χ3v) is 5.18. The van der Waals surface area contributed by atoms with Crippen LogP contribution >= 0.6 is 0 Å². The summed E-state index contributed by atoms with van der Waals surface area (Å²) >= 11 is 0. The molecule has 2 aliphatic carbocycles. The fourth-order valence-corrected chi connectivity index (χ4v) is 3.68. The fourth-order valence-electron chi connectivity index (χ4n) is 3.68. The van der Waals surface area contributed by atoms with E-state index in [2.05, 4.69) is 11.8 Å². The summed E-state index contributed by atoms with van der Waals surface area (Å²) in [7, 11) is 0. The largest absolute Gasteiger partial charge is 0.342 e. The van der Waals surface area contributed by atoms with Gasteiger partial charge in [0.25, 0.3) is 0 Å². The van der Waals surface area contributed by atoms with Gasteiger partial charge in [0.05, 0.1) is 0 Å². The van der Waals surface area contributed by atoms with Crippen LogP contribution in [0.25, 0.3) is 0 Å². The second-order valence-electron chi connectivity index (χ2n) is 6.01. The van der Waals surface area contributed by atoms with Gasteiger partial charge in [-0.3, -0.25) is 4.79 Å². The van der Waals surface area contributed by atoms with Crippen LogP contribution in [0.4, 0.5) is 0 Å². The van der Waals surface area contributed by atoms with E-state index < -0.39 is 0 Å². The lowest BCUT2D eigenvalue weighted by Crippen LogP contribution is -2.37. The minimum atomic E-state index is 0.0444. The summed E-state index contributed by atoms with van der Waals surface area (Å²) in [5, 5.41) is 0. The maximum absolute atomic E-state index is 12.4. The number of fused-ring (bicyclic) bond motifs is 1. The lowest BCUT2D eigenvalue weighted by Gasteiger charge is -2.23. The normalized spacial score (nSPS) is 39.9. The van der Waals surface area contributed by atoms with Crippen LogP contribution in [0, 0.1) is 17.3 Å². The predicted octanol–water partition coefficient (Wildman–Crippen LogP) is 1.37. The van der Waals surface area contributed by atoms with Crippen LogP contribution < -0.4 is 5.73 Å². The Labute approximate surface area is 97.4 Å². The van der Waals surface area contributed by atoms with E-state index in [0.29, 0.717) is 23.8 Å². The minimum Gasteiger partial charge on any atom is -0.342 e. The molecule has 16 heavy (non-hydrogen) atoms. The van der Waals surface area contributed by atoms with E-state index in [0.717, 1.165) is 38.8 Å². The van der Waals surface area contributed by atoms with Crippen molar-refractivity contribution < 1.29 is 4.79 Å². The second-order valence-corrected chi connectivity index (χ2v) is 6.01. The van der Waals surface area contributed by atoms with E-state index in [9.17, 15) is 4.79 Å². The molecule has 0 aromatic heterocycles. The average molecular weight is 222 g/mol. The number of hydrogen-bond acceptors (Lipinski definition) is 2. The molecule has 90 valence electrons. The van der Waals surface area contributed by atoms with Crippen LogP contribution in [0.5, 0.6) is 0 Å². The highest BCUT2D eigenvalue weighted by molar-refractivity contribution is 5.85. The van der Waals surface area contributed by atoms with Crippen LogP contribution in [0.15, 0.2) is 0 Å². The highest BCUT2D eigenvalue weighted by Gasteiger charge is 2.53. The zero-order chi connectivity index (χ0) is 11.3. The van der Waals surface area contributed by atoms with Crippen molar-refractivity contribution in [1.82, 2.24) is 4.90 Å². The SMILES string of the molecule is CCC1(C(=O)N2CC3CCC(N)C3C2)CC1. The van der Waals surface area contributed by atoms with Crippen molar-refractivity contribution >= 4 is 5.91 Å². The molecule has 0 aromatic carbocycles. The molecular formula is C13H22N2O. The molecule has 3 unspecified atom stereocenters. The fraction of sp³-hybridized carbons (Fsp3) is 0.923. The van der Waals surface area contributed by atoms with Gasteiger partial charge in [-0.1, -0.05) is 6.92 Å². The van der Waals surface area contributed by atoms with E-state index in [1.807, 2.05) is 0 Å². The number of likely N-dealkylation sites (tertiary alicyclic amines) is 1. The van der Waals surface area contributed by atoms with Gasteiger partial charge in [0.1, 0.15) is 0 Å². The number of nitrogens with two attached hydrogens (primary N) is 1. The van der Waals surface area contributed by atoms with Crippen LogP contribution in [0.3, 0.4) is 0 Å². The van der Waals surface area contributed by atoms with Crippen molar-refractivity contribution in [3.8, 4) is 0 Å². The number of carbonyl (C=O) groups excluding carboxylic acids is 1. The lowest BCUT2D eigenvalue weighted by atomic mass is 9.98. The van der Waals surface area contributed by atoms with Crippen molar-refractivity contribution in [3.63, 3.8) is 0 Å². The Morgan fingerprint density at radius 3 is 2.69 bits per heavy atom. The predicted molar refractivity (Wildman–Crippen MR) is 62.7 cm³/mol. The molecule has 3 fully saturated rings. The molecule has 3 rings (SSSR count). The molecule has 1 amide bonds. The first kappa shape index (κ1) is 10.6. The number of carbonyl (C=O) groups is 1. The summed E-state index contributed by atoms with van der Waals surface area (Å²) in [4.78, 5) is 14.5. The number of rotatable bonds is 2. The van der Waals surface area contributed by atoms with E-state index in [1.165, 1.54) is 6.42 Å². The van der Waals surface area contributed by atoms with E-state index in [1.54, 1.807) is 0 Å². The Morgan fingerprint density at radius 2 is 2.12 bits per heavy atom. The van der Waals surface area contributed by atoms with Gasteiger partial charge in [-0.15, -0.1) is 0 Å². The average Bonchev–Trinajstić information content (AvgIpc) is 2.86. The Morgan fingerprint density at radius 1 is 1.38 bits per heavy atom. The highest BCUT2D eigenvalue weighted by atomic mass is 16.2. The number of nitrogens with zero attached hydrogens (tertiary/aromatic N) is 1. The van der Waals surface area contributed by atoms with Crippen molar-refractivity contribution in [2.75, 3.05) is 13.1 Å². The third-order valence-electron chi connectivity index (χ3n) is 5.18. The monoisotopic (exact) mass is 222 g/mol. The first-order valence-electron chi connectivity index (χ1n) is 6.71. The van der Waals surface area contributed by atoms with Gasteiger partial charge in [0.2, 0.25) is 5.91 Å². The second kappa shape index (κ2) is 3.46. The summed E-state index contributed by atoms with van der Waals surface area (Å²) in [6, 6.07) is 0.347. The molecule has 2 N–H and O–H groups in total. The molecule has 0 spiro atoms. The van der Waals surface area contributed by atoms with Crippen LogP contribution in [0.1, 0.15) is 39.0 Å². The Kier molecular flexibility index (Phi) is 2.29. The first-order valence-corrected chi connectivity index (χ1v) is 6.71. The molecule has 2 saturated carbocycles.